The highest BCUT2D eigenvalue weighted by Gasteiger charge is 2.30. The summed E-state index contributed by atoms with van der Waals surface area (Å²) in [5.41, 5.74) is 2.73. The van der Waals surface area contributed by atoms with Gasteiger partial charge in [-0.2, -0.15) is 0 Å². The average Bonchev–Trinajstić information content (AvgIpc) is 3.00. The highest BCUT2D eigenvalue weighted by atomic mass is 16.3. The third-order valence-corrected chi connectivity index (χ3v) is 3.94. The number of hydrogen-bond donors (Lipinski definition) is 1. The highest BCUT2D eigenvalue weighted by molar-refractivity contribution is 5.60. The Morgan fingerprint density at radius 1 is 1.26 bits per heavy atom. The number of rotatable bonds is 3. The maximum absolute atomic E-state index is 5.29. The lowest BCUT2D eigenvalue weighted by atomic mass is 9.92. The Bertz CT molecular complexity index is 528. The second kappa shape index (κ2) is 4.72. The van der Waals surface area contributed by atoms with E-state index in [-0.39, 0.29) is 0 Å². The van der Waals surface area contributed by atoms with Crippen molar-refractivity contribution in [1.82, 2.24) is 4.98 Å². The Labute approximate surface area is 114 Å². The van der Waals surface area contributed by atoms with Gasteiger partial charge in [0.25, 0.3) is 0 Å². The number of aromatic nitrogens is 1. The molecule has 0 saturated heterocycles. The molecule has 1 fully saturated rings. The van der Waals surface area contributed by atoms with Crippen LogP contribution in [0.15, 0.2) is 41.3 Å². The number of nitrogens with one attached hydrogen (secondary N) is 1. The van der Waals surface area contributed by atoms with Gasteiger partial charge in [-0.05, 0) is 48.9 Å². The van der Waals surface area contributed by atoms with Crippen LogP contribution in [0.2, 0.25) is 0 Å². The van der Waals surface area contributed by atoms with Crippen LogP contribution in [-0.4, -0.2) is 11.0 Å². The van der Waals surface area contributed by atoms with Crippen molar-refractivity contribution < 1.29 is 4.42 Å². The summed E-state index contributed by atoms with van der Waals surface area (Å²) in [5, 5.41) is 3.62. The number of anilines is 1. The van der Waals surface area contributed by atoms with Crippen molar-refractivity contribution in [2.24, 2.45) is 5.41 Å². The molecule has 3 nitrogen and oxygen atoms in total. The van der Waals surface area contributed by atoms with E-state index in [9.17, 15) is 0 Å². The van der Waals surface area contributed by atoms with E-state index in [1.165, 1.54) is 31.3 Å². The van der Waals surface area contributed by atoms with Gasteiger partial charge in [-0.1, -0.05) is 13.8 Å². The van der Waals surface area contributed by atoms with Gasteiger partial charge in [0.1, 0.15) is 0 Å². The first-order valence-corrected chi connectivity index (χ1v) is 6.88. The summed E-state index contributed by atoms with van der Waals surface area (Å²) in [6.07, 6.45) is 7.01. The molecule has 3 rings (SSSR count). The van der Waals surface area contributed by atoms with E-state index in [0.717, 1.165) is 11.3 Å². The summed E-state index contributed by atoms with van der Waals surface area (Å²) in [4.78, 5) is 3.94. The minimum atomic E-state index is 0.484. The van der Waals surface area contributed by atoms with E-state index in [1.807, 2.05) is 0 Å². The monoisotopic (exact) mass is 256 g/mol. The highest BCUT2D eigenvalue weighted by Crippen LogP contribution is 2.38. The maximum atomic E-state index is 5.29. The predicted molar refractivity (Wildman–Crippen MR) is 77.0 cm³/mol. The molecule has 1 aromatic heterocycles. The molecule has 0 amide bonds. The molecule has 1 saturated carbocycles. The van der Waals surface area contributed by atoms with Crippen LogP contribution in [0, 0.1) is 5.41 Å². The molecule has 1 aromatic carbocycles. The van der Waals surface area contributed by atoms with Crippen LogP contribution in [0.1, 0.15) is 33.1 Å². The molecule has 1 aliphatic rings. The lowest BCUT2D eigenvalue weighted by molar-refractivity contribution is 0.378. The average molecular weight is 256 g/mol. The van der Waals surface area contributed by atoms with Crippen molar-refractivity contribution >= 4 is 5.69 Å². The van der Waals surface area contributed by atoms with Gasteiger partial charge < -0.3 is 9.73 Å². The Hall–Kier alpha value is -1.77. The fourth-order valence-electron chi connectivity index (χ4n) is 2.88. The van der Waals surface area contributed by atoms with Gasteiger partial charge in [0.05, 0.1) is 6.20 Å². The normalized spacial score (nSPS) is 21.5. The molecule has 100 valence electrons. The van der Waals surface area contributed by atoms with Crippen molar-refractivity contribution in [3.8, 4) is 11.3 Å². The van der Waals surface area contributed by atoms with Crippen LogP contribution >= 0.6 is 0 Å². The van der Waals surface area contributed by atoms with Crippen molar-refractivity contribution in [2.45, 2.75) is 39.2 Å². The third-order valence-electron chi connectivity index (χ3n) is 3.94. The van der Waals surface area contributed by atoms with Gasteiger partial charge in [0, 0.05) is 17.3 Å². The topological polar surface area (TPSA) is 38.1 Å². The molecule has 0 spiro atoms. The van der Waals surface area contributed by atoms with Crippen LogP contribution in [0.3, 0.4) is 0 Å². The minimum absolute atomic E-state index is 0.484. The summed E-state index contributed by atoms with van der Waals surface area (Å²) in [6, 6.07) is 8.98. The predicted octanol–water partition coefficient (Wildman–Crippen LogP) is 4.33. The largest absolute Gasteiger partial charge is 0.444 e. The van der Waals surface area contributed by atoms with Gasteiger partial charge in [-0.3, -0.25) is 0 Å². The van der Waals surface area contributed by atoms with Gasteiger partial charge in [-0.25, -0.2) is 4.98 Å². The van der Waals surface area contributed by atoms with Crippen molar-refractivity contribution in [1.29, 1.82) is 0 Å². The smallest absolute Gasteiger partial charge is 0.181 e. The SMILES string of the molecule is CC1(C)CCC(Nc2ccc(-c3cnco3)cc2)C1. The summed E-state index contributed by atoms with van der Waals surface area (Å²) in [7, 11) is 0. The maximum Gasteiger partial charge on any atom is 0.181 e. The van der Waals surface area contributed by atoms with E-state index < -0.39 is 0 Å². The van der Waals surface area contributed by atoms with Crippen LogP contribution in [-0.2, 0) is 0 Å². The van der Waals surface area contributed by atoms with Crippen LogP contribution in [0.4, 0.5) is 5.69 Å². The summed E-state index contributed by atoms with van der Waals surface area (Å²) in [5.74, 6) is 0.813. The molecular formula is C16H20N2O. The van der Waals surface area contributed by atoms with E-state index in [2.05, 4.69) is 48.4 Å². The Balaban J connectivity index is 1.67. The number of benzene rings is 1. The number of nitrogens with zero attached hydrogens (tertiary/aromatic N) is 1. The van der Waals surface area contributed by atoms with E-state index >= 15 is 0 Å². The zero-order chi connectivity index (χ0) is 13.3. The molecule has 0 bridgehead atoms. The van der Waals surface area contributed by atoms with Crippen LogP contribution in [0.25, 0.3) is 11.3 Å². The Morgan fingerprint density at radius 3 is 2.63 bits per heavy atom. The first-order valence-electron chi connectivity index (χ1n) is 6.88. The number of hydrogen-bond acceptors (Lipinski definition) is 3. The Morgan fingerprint density at radius 2 is 2.05 bits per heavy atom. The van der Waals surface area contributed by atoms with Gasteiger partial charge in [0.2, 0.25) is 0 Å². The van der Waals surface area contributed by atoms with E-state index in [0.29, 0.717) is 11.5 Å². The first-order chi connectivity index (χ1) is 9.12. The zero-order valence-corrected chi connectivity index (χ0v) is 11.5. The van der Waals surface area contributed by atoms with Crippen molar-refractivity contribution in [2.75, 3.05) is 5.32 Å². The van der Waals surface area contributed by atoms with Gasteiger partial charge in [-0.15, -0.1) is 0 Å². The van der Waals surface area contributed by atoms with E-state index in [1.54, 1.807) is 6.20 Å². The molecule has 2 aromatic rings. The molecule has 1 N–H and O–H groups in total. The summed E-state index contributed by atoms with van der Waals surface area (Å²) in [6.45, 7) is 4.70. The first kappa shape index (κ1) is 12.3. The standard InChI is InChI=1S/C16H20N2O/c1-16(2)8-7-14(9-16)18-13-5-3-12(4-6-13)15-10-17-11-19-15/h3-6,10-11,14,18H,7-9H2,1-2H3. The molecule has 0 aliphatic heterocycles. The lowest BCUT2D eigenvalue weighted by Gasteiger charge is -2.18. The van der Waals surface area contributed by atoms with Crippen molar-refractivity contribution in [3.63, 3.8) is 0 Å². The van der Waals surface area contributed by atoms with E-state index in [4.69, 9.17) is 4.42 Å². The molecule has 19 heavy (non-hydrogen) atoms. The minimum Gasteiger partial charge on any atom is -0.444 e. The summed E-state index contributed by atoms with van der Waals surface area (Å²) < 4.78 is 5.29. The molecule has 1 unspecified atom stereocenters. The molecule has 1 heterocycles. The van der Waals surface area contributed by atoms with Crippen LogP contribution in [0.5, 0.6) is 0 Å². The second-order valence-corrected chi connectivity index (χ2v) is 6.19. The molecule has 3 heteroatoms. The molecule has 0 radical (unpaired) electrons. The third kappa shape index (κ3) is 2.80. The van der Waals surface area contributed by atoms with Crippen LogP contribution < -0.4 is 5.32 Å². The fraction of sp³-hybridized carbons (Fsp3) is 0.438. The molecule has 1 aliphatic carbocycles. The van der Waals surface area contributed by atoms with Crippen molar-refractivity contribution in [3.05, 3.63) is 36.9 Å². The van der Waals surface area contributed by atoms with Gasteiger partial charge >= 0.3 is 0 Å². The number of oxazole rings is 1. The lowest BCUT2D eigenvalue weighted by Crippen LogP contribution is -2.17. The summed E-state index contributed by atoms with van der Waals surface area (Å²) >= 11 is 0. The fourth-order valence-corrected chi connectivity index (χ4v) is 2.88. The van der Waals surface area contributed by atoms with Gasteiger partial charge in [0.15, 0.2) is 12.2 Å². The quantitative estimate of drug-likeness (QED) is 0.888. The Kier molecular flexibility index (Phi) is 3.05. The second-order valence-electron chi connectivity index (χ2n) is 6.19. The molecule has 1 atom stereocenters. The zero-order valence-electron chi connectivity index (χ0n) is 11.5. The molecular weight excluding hydrogens is 236 g/mol.